The third-order valence-corrected chi connectivity index (χ3v) is 4.87. The van der Waals surface area contributed by atoms with Crippen LogP contribution in [0.3, 0.4) is 0 Å². The first-order valence-corrected chi connectivity index (χ1v) is 9.76. The third kappa shape index (κ3) is 6.55. The molecule has 0 fully saturated rings. The zero-order valence-electron chi connectivity index (χ0n) is 16.0. The molecule has 0 bridgehead atoms. The molecule has 0 aliphatic carbocycles. The molecule has 0 aliphatic rings. The fourth-order valence-electron chi connectivity index (χ4n) is 3.17. The van der Waals surface area contributed by atoms with Gasteiger partial charge in [-0.3, -0.25) is 0 Å². The second kappa shape index (κ2) is 10.9. The van der Waals surface area contributed by atoms with Crippen LogP contribution in [0.1, 0.15) is 63.6 Å². The molecule has 2 aromatic carbocycles. The van der Waals surface area contributed by atoms with Gasteiger partial charge in [0.05, 0.1) is 0 Å². The molecule has 0 spiro atoms. The molecule has 0 aliphatic heterocycles. The van der Waals surface area contributed by atoms with Crippen LogP contribution >= 0.6 is 0 Å². The van der Waals surface area contributed by atoms with Gasteiger partial charge in [0.25, 0.3) is 0 Å². The van der Waals surface area contributed by atoms with Crippen molar-refractivity contribution in [3.05, 3.63) is 65.7 Å². The van der Waals surface area contributed by atoms with Gasteiger partial charge in [0.1, 0.15) is 12.4 Å². The van der Waals surface area contributed by atoms with Gasteiger partial charge in [0.15, 0.2) is 0 Å². The quantitative estimate of drug-likeness (QED) is 0.531. The van der Waals surface area contributed by atoms with Crippen molar-refractivity contribution in [2.45, 2.75) is 59.1 Å². The first-order chi connectivity index (χ1) is 12.3. The average Bonchev–Trinajstić information content (AvgIpc) is 2.68. The van der Waals surface area contributed by atoms with E-state index in [0.29, 0.717) is 12.6 Å². The van der Waals surface area contributed by atoms with E-state index in [4.69, 9.17) is 4.74 Å². The summed E-state index contributed by atoms with van der Waals surface area (Å²) in [5.74, 6) is 1.72. The molecular weight excluding hydrogens is 306 g/mol. The van der Waals surface area contributed by atoms with Gasteiger partial charge in [-0.2, -0.15) is 0 Å². The van der Waals surface area contributed by atoms with Crippen LogP contribution in [-0.4, -0.2) is 6.54 Å². The molecule has 2 heteroatoms. The van der Waals surface area contributed by atoms with Gasteiger partial charge in [0, 0.05) is 6.04 Å². The summed E-state index contributed by atoms with van der Waals surface area (Å²) in [4.78, 5) is 0. The smallest absolute Gasteiger partial charge is 0.120 e. The Morgan fingerprint density at radius 1 is 0.920 bits per heavy atom. The summed E-state index contributed by atoms with van der Waals surface area (Å²) in [7, 11) is 0. The normalized spacial score (nSPS) is 12.3. The van der Waals surface area contributed by atoms with Crippen LogP contribution in [0.2, 0.25) is 0 Å². The van der Waals surface area contributed by atoms with Gasteiger partial charge < -0.3 is 10.1 Å². The van der Waals surface area contributed by atoms with E-state index in [2.05, 4.69) is 74.6 Å². The summed E-state index contributed by atoms with van der Waals surface area (Å²) in [5.41, 5.74) is 2.54. The number of hydrogen-bond acceptors (Lipinski definition) is 2. The molecule has 0 aromatic heterocycles. The Labute approximate surface area is 153 Å². The minimum absolute atomic E-state index is 0.408. The molecule has 2 nitrogen and oxygen atoms in total. The lowest BCUT2D eigenvalue weighted by Gasteiger charge is -2.24. The van der Waals surface area contributed by atoms with E-state index in [1.807, 2.05) is 6.07 Å². The van der Waals surface area contributed by atoms with Gasteiger partial charge in [0.2, 0.25) is 0 Å². The first kappa shape index (κ1) is 19.5. The van der Waals surface area contributed by atoms with E-state index in [-0.39, 0.29) is 0 Å². The fourth-order valence-corrected chi connectivity index (χ4v) is 3.17. The lowest BCUT2D eigenvalue weighted by atomic mass is 9.91. The molecule has 0 saturated carbocycles. The van der Waals surface area contributed by atoms with Crippen LogP contribution < -0.4 is 10.1 Å². The lowest BCUT2D eigenvalue weighted by Crippen LogP contribution is -2.24. The van der Waals surface area contributed by atoms with Gasteiger partial charge in [-0.25, -0.2) is 0 Å². The number of hydrogen-bond donors (Lipinski definition) is 1. The summed E-state index contributed by atoms with van der Waals surface area (Å²) in [5, 5.41) is 3.73. The summed E-state index contributed by atoms with van der Waals surface area (Å²) < 4.78 is 6.02. The molecule has 0 saturated heterocycles. The highest BCUT2D eigenvalue weighted by molar-refractivity contribution is 5.31. The zero-order chi connectivity index (χ0) is 17.9. The van der Waals surface area contributed by atoms with Gasteiger partial charge in [-0.15, -0.1) is 0 Å². The van der Waals surface area contributed by atoms with E-state index < -0.39 is 0 Å². The molecule has 1 unspecified atom stereocenters. The zero-order valence-corrected chi connectivity index (χ0v) is 16.0. The Balaban J connectivity index is 2.06. The van der Waals surface area contributed by atoms with E-state index >= 15 is 0 Å². The number of ether oxygens (including phenoxy) is 1. The van der Waals surface area contributed by atoms with Gasteiger partial charge in [-0.1, -0.05) is 76.1 Å². The number of benzene rings is 2. The third-order valence-electron chi connectivity index (χ3n) is 4.87. The molecular formula is C23H33NO. The van der Waals surface area contributed by atoms with Crippen LogP contribution in [0.5, 0.6) is 5.75 Å². The van der Waals surface area contributed by atoms with Crippen molar-refractivity contribution >= 4 is 0 Å². The molecule has 0 radical (unpaired) electrons. The largest absolute Gasteiger partial charge is 0.489 e. The van der Waals surface area contributed by atoms with Gasteiger partial charge in [-0.05, 0) is 48.6 Å². The second-order valence-electron chi connectivity index (χ2n) is 6.77. The minimum Gasteiger partial charge on any atom is -0.489 e. The molecule has 2 aromatic rings. The second-order valence-corrected chi connectivity index (χ2v) is 6.77. The maximum atomic E-state index is 6.02. The van der Waals surface area contributed by atoms with Crippen molar-refractivity contribution < 1.29 is 4.74 Å². The molecule has 0 amide bonds. The lowest BCUT2D eigenvalue weighted by molar-refractivity contribution is 0.304. The molecule has 1 N–H and O–H groups in total. The monoisotopic (exact) mass is 339 g/mol. The van der Waals surface area contributed by atoms with E-state index in [1.165, 1.54) is 30.4 Å². The van der Waals surface area contributed by atoms with Crippen molar-refractivity contribution in [1.29, 1.82) is 0 Å². The maximum absolute atomic E-state index is 6.02. The molecule has 0 heterocycles. The van der Waals surface area contributed by atoms with Crippen molar-refractivity contribution in [3.63, 3.8) is 0 Å². The van der Waals surface area contributed by atoms with E-state index in [1.54, 1.807) is 0 Å². The Bertz CT molecular complexity index is 592. The van der Waals surface area contributed by atoms with Crippen LogP contribution in [0.4, 0.5) is 0 Å². The summed E-state index contributed by atoms with van der Waals surface area (Å²) >= 11 is 0. The van der Waals surface area contributed by atoms with Crippen LogP contribution in [0.25, 0.3) is 0 Å². The van der Waals surface area contributed by atoms with E-state index in [9.17, 15) is 0 Å². The minimum atomic E-state index is 0.408. The van der Waals surface area contributed by atoms with Crippen LogP contribution in [0, 0.1) is 5.92 Å². The Morgan fingerprint density at radius 2 is 1.68 bits per heavy atom. The van der Waals surface area contributed by atoms with Gasteiger partial charge >= 0.3 is 0 Å². The maximum Gasteiger partial charge on any atom is 0.120 e. The summed E-state index contributed by atoms with van der Waals surface area (Å²) in [6, 6.07) is 19.3. The molecule has 1 atom stereocenters. The molecule has 2 rings (SSSR count). The van der Waals surface area contributed by atoms with Crippen molar-refractivity contribution in [2.24, 2.45) is 5.92 Å². The molecule has 25 heavy (non-hydrogen) atoms. The first-order valence-electron chi connectivity index (χ1n) is 9.76. The standard InChI is InChI=1S/C23H33NO/c1-4-15-24-23(16-19(5-2)6-3)21-13-10-14-22(17-21)25-18-20-11-8-7-9-12-20/h7-14,17,19,23-24H,4-6,15-16,18H2,1-3H3. The van der Waals surface area contributed by atoms with Crippen molar-refractivity contribution in [3.8, 4) is 5.75 Å². The number of nitrogens with one attached hydrogen (secondary N) is 1. The van der Waals surface area contributed by atoms with Crippen LogP contribution in [-0.2, 0) is 6.61 Å². The summed E-state index contributed by atoms with van der Waals surface area (Å²) in [6.07, 6.45) is 4.83. The highest BCUT2D eigenvalue weighted by Gasteiger charge is 2.16. The topological polar surface area (TPSA) is 21.3 Å². The SMILES string of the molecule is CCCNC(CC(CC)CC)c1cccc(OCc2ccccc2)c1. The average molecular weight is 340 g/mol. The summed E-state index contributed by atoms with van der Waals surface area (Å²) in [6.45, 7) is 8.49. The number of rotatable bonds is 11. The van der Waals surface area contributed by atoms with E-state index in [0.717, 1.165) is 24.6 Å². The highest BCUT2D eigenvalue weighted by atomic mass is 16.5. The predicted octanol–water partition coefficient (Wildman–Crippen LogP) is 6.13. The Morgan fingerprint density at radius 3 is 2.36 bits per heavy atom. The Kier molecular flexibility index (Phi) is 8.54. The van der Waals surface area contributed by atoms with Crippen LogP contribution in [0.15, 0.2) is 54.6 Å². The Hall–Kier alpha value is -1.80. The predicted molar refractivity (Wildman–Crippen MR) is 107 cm³/mol. The highest BCUT2D eigenvalue weighted by Crippen LogP contribution is 2.28. The fraction of sp³-hybridized carbons (Fsp3) is 0.478. The van der Waals surface area contributed by atoms with Crippen molar-refractivity contribution in [1.82, 2.24) is 5.32 Å². The van der Waals surface area contributed by atoms with Crippen molar-refractivity contribution in [2.75, 3.05) is 6.54 Å². The molecule has 136 valence electrons.